The first-order chi connectivity index (χ1) is 19.0. The molecule has 198 valence electrons. The van der Waals surface area contributed by atoms with Crippen LogP contribution in [0.2, 0.25) is 37.3 Å². The molecule has 2 heterocycles. The molecule has 0 nitrogen and oxygen atoms in total. The topological polar surface area (TPSA) is 0 Å². The van der Waals surface area contributed by atoms with Crippen LogP contribution in [0.5, 0.6) is 0 Å². The molecule has 4 aromatic carbocycles. The van der Waals surface area contributed by atoms with Gasteiger partial charge in [0.25, 0.3) is 0 Å². The molecule has 39 heavy (non-hydrogen) atoms. The fourth-order valence-corrected chi connectivity index (χ4v) is 15.6. The molecule has 0 amide bonds. The molecule has 0 spiro atoms. The van der Waals surface area contributed by atoms with Crippen molar-refractivity contribution in [3.05, 3.63) is 119 Å². The van der Waals surface area contributed by atoms with E-state index in [1.807, 2.05) is 0 Å². The molecular formula is C34H34Cl2Si2Ti-2. The van der Waals surface area contributed by atoms with Crippen molar-refractivity contribution in [2.24, 2.45) is 0 Å². The first kappa shape index (κ1) is 27.8. The number of fused-ring (bicyclic) bond motifs is 6. The molecule has 0 N–H and O–H groups in total. The Bertz CT molecular complexity index is 1280. The van der Waals surface area contributed by atoms with E-state index in [4.69, 9.17) is 18.6 Å². The van der Waals surface area contributed by atoms with Gasteiger partial charge in [-0.25, -0.2) is 0 Å². The van der Waals surface area contributed by atoms with Gasteiger partial charge >= 0.3 is 35.6 Å². The fourth-order valence-electron chi connectivity index (χ4n) is 7.64. The normalized spacial score (nSPS) is 21.6. The van der Waals surface area contributed by atoms with Crippen LogP contribution in [-0.4, -0.2) is 16.1 Å². The summed E-state index contributed by atoms with van der Waals surface area (Å²) in [6, 6.07) is 44.1. The summed E-state index contributed by atoms with van der Waals surface area (Å²) in [6.45, 7) is 5.18. The molecule has 8 rings (SSSR count). The predicted molar refractivity (Wildman–Crippen MR) is 169 cm³/mol. The Labute approximate surface area is 252 Å². The van der Waals surface area contributed by atoms with E-state index in [-0.39, 0.29) is 0 Å². The molecule has 2 aliphatic heterocycles. The average Bonchev–Trinajstić information content (AvgIpc) is 3.45. The Balaban J connectivity index is 0.000000129. The maximum absolute atomic E-state index is 4.89. The predicted octanol–water partition coefficient (Wildman–Crippen LogP) is 10.6. The van der Waals surface area contributed by atoms with E-state index in [0.29, 0.717) is 11.1 Å². The number of hydrogen-bond acceptors (Lipinski definition) is 0. The monoisotopic (exact) mass is 616 g/mol. The van der Waals surface area contributed by atoms with Gasteiger partial charge in [0.05, 0.1) is 16.1 Å². The van der Waals surface area contributed by atoms with Gasteiger partial charge in [0.15, 0.2) is 0 Å². The molecule has 0 bridgehead atoms. The van der Waals surface area contributed by atoms with E-state index in [9.17, 15) is 0 Å². The van der Waals surface area contributed by atoms with E-state index in [0.717, 1.165) is 0 Å². The van der Waals surface area contributed by atoms with Crippen molar-refractivity contribution in [2.75, 3.05) is 0 Å². The molecule has 2 fully saturated rings. The van der Waals surface area contributed by atoms with Crippen molar-refractivity contribution >= 4 is 34.8 Å². The van der Waals surface area contributed by atoms with Gasteiger partial charge in [-0.3, -0.25) is 0 Å². The summed E-state index contributed by atoms with van der Waals surface area (Å²) in [6.07, 6.45) is 2.90. The Kier molecular flexibility index (Phi) is 8.17. The number of benzene rings is 4. The summed E-state index contributed by atoms with van der Waals surface area (Å²) < 4.78 is 0. The van der Waals surface area contributed by atoms with Crippen molar-refractivity contribution in [1.29, 1.82) is 0 Å². The molecule has 4 aromatic rings. The summed E-state index contributed by atoms with van der Waals surface area (Å²) in [7, 11) is 7.58. The molecular weight excluding hydrogens is 583 g/mol. The van der Waals surface area contributed by atoms with Gasteiger partial charge in [-0.15, -0.1) is 22.3 Å². The van der Waals surface area contributed by atoms with Crippen molar-refractivity contribution in [3.63, 3.8) is 0 Å². The summed E-state index contributed by atoms with van der Waals surface area (Å²) in [5, 5.41) is 0. The van der Waals surface area contributed by atoms with Crippen molar-refractivity contribution in [1.82, 2.24) is 0 Å². The molecule has 5 heteroatoms. The third-order valence-electron chi connectivity index (χ3n) is 9.86. The van der Waals surface area contributed by atoms with Gasteiger partial charge in [-0.1, -0.05) is 110 Å². The second-order valence-corrected chi connectivity index (χ2v) is 24.5. The molecule has 4 aliphatic rings. The summed E-state index contributed by atoms with van der Waals surface area (Å²) >= 11 is -0.556. The van der Waals surface area contributed by atoms with Gasteiger partial charge in [0.2, 0.25) is 0 Å². The van der Waals surface area contributed by atoms with E-state index >= 15 is 0 Å². The second-order valence-electron chi connectivity index (χ2n) is 12.1. The Morgan fingerprint density at radius 2 is 0.949 bits per heavy atom. The van der Waals surface area contributed by atoms with Crippen LogP contribution in [0.1, 0.15) is 46.2 Å². The molecule has 2 atom stereocenters. The fraction of sp³-hybridized carbons (Fsp3) is 0.294. The number of hydrogen-bond donors (Lipinski definition) is 0. The molecule has 0 saturated carbocycles. The van der Waals surface area contributed by atoms with Gasteiger partial charge in [-0.2, -0.15) is 48.5 Å². The van der Waals surface area contributed by atoms with Crippen LogP contribution in [0.4, 0.5) is 0 Å². The third kappa shape index (κ3) is 4.90. The van der Waals surface area contributed by atoms with Crippen LogP contribution in [0, 0.1) is 12.1 Å². The van der Waals surface area contributed by atoms with E-state index in [1.165, 1.54) is 70.4 Å². The first-order valence-corrected chi connectivity index (χ1v) is 24.4. The third-order valence-corrected chi connectivity index (χ3v) is 19.8. The second kappa shape index (κ2) is 11.5. The molecule has 0 radical (unpaired) electrons. The van der Waals surface area contributed by atoms with E-state index in [1.54, 1.807) is 11.1 Å². The average molecular weight is 618 g/mol. The SMILES string of the molecule is C[Si]1(C2c3[c-]cccc3-c3ccccc32)CCC1.C[Si]1(C2c3[c-]cccc3-c3ccccc32)CCC1.[Cl][Ti][Cl]. The Morgan fingerprint density at radius 1 is 0.590 bits per heavy atom. The van der Waals surface area contributed by atoms with Gasteiger partial charge in [0, 0.05) is 0 Å². The van der Waals surface area contributed by atoms with Crippen LogP contribution in [-0.2, 0) is 17.0 Å². The first-order valence-electron chi connectivity index (χ1n) is 14.2. The molecule has 2 aliphatic carbocycles. The molecule has 2 saturated heterocycles. The Morgan fingerprint density at radius 3 is 1.31 bits per heavy atom. The number of rotatable bonds is 2. The zero-order valence-corrected chi connectivity index (χ0v) is 27.8. The maximum atomic E-state index is 4.89. The van der Waals surface area contributed by atoms with Gasteiger partial charge < -0.3 is 0 Å². The quantitative estimate of drug-likeness (QED) is 0.155. The zero-order valence-electron chi connectivity index (χ0n) is 22.7. The standard InChI is InChI=1S/2C17H17Si.2ClH.Ti/c2*1-18(11-6-12-18)17-15-9-4-2-7-13(15)14-8-3-5-10-16(14)17;;;/h2*2-5,7-9,17H,6,11-12H2,1H3;2*1H;/q2*-1;;;+2/p-2. The van der Waals surface area contributed by atoms with Gasteiger partial charge in [-0.05, 0) is 22.2 Å². The van der Waals surface area contributed by atoms with Crippen LogP contribution in [0.15, 0.2) is 84.9 Å². The van der Waals surface area contributed by atoms with Gasteiger partial charge in [0.1, 0.15) is 0 Å². The van der Waals surface area contributed by atoms with Crippen LogP contribution >= 0.6 is 18.6 Å². The molecule has 0 aromatic heterocycles. The van der Waals surface area contributed by atoms with Crippen molar-refractivity contribution in [2.45, 2.75) is 61.2 Å². The van der Waals surface area contributed by atoms with Crippen LogP contribution in [0.3, 0.4) is 0 Å². The zero-order chi connectivity index (χ0) is 27.0. The van der Waals surface area contributed by atoms with Crippen LogP contribution in [0.25, 0.3) is 22.3 Å². The van der Waals surface area contributed by atoms with Crippen molar-refractivity contribution in [3.8, 4) is 22.3 Å². The van der Waals surface area contributed by atoms with E-state index < -0.39 is 33.2 Å². The minimum absolute atomic E-state index is 0.556. The van der Waals surface area contributed by atoms with Crippen molar-refractivity contribution < 1.29 is 17.0 Å². The van der Waals surface area contributed by atoms with E-state index in [2.05, 4.69) is 110 Å². The summed E-state index contributed by atoms with van der Waals surface area (Å²) in [5.41, 5.74) is 13.4. The van der Waals surface area contributed by atoms with Crippen LogP contribution < -0.4 is 0 Å². The molecule has 2 unspecified atom stereocenters. The Hall–Kier alpha value is -1.39. The summed E-state index contributed by atoms with van der Waals surface area (Å²) in [4.78, 5) is 0. The number of halogens is 2. The summed E-state index contributed by atoms with van der Waals surface area (Å²) in [5.74, 6) is 0. The minimum atomic E-state index is -1.10.